The SMILES string of the molecule is CN1Cc2ccc(CNn3ncc4ccccc43)cc2C1=O. The van der Waals surface area contributed by atoms with Gasteiger partial charge in [0, 0.05) is 24.5 Å². The number of para-hydroxylation sites is 1. The fourth-order valence-corrected chi connectivity index (χ4v) is 2.87. The minimum atomic E-state index is 0.0985. The second-order valence-electron chi connectivity index (χ2n) is 5.60. The summed E-state index contributed by atoms with van der Waals surface area (Å²) in [5.74, 6) is 0.0985. The van der Waals surface area contributed by atoms with Crippen molar-refractivity contribution < 1.29 is 4.79 Å². The van der Waals surface area contributed by atoms with Crippen LogP contribution in [0.15, 0.2) is 48.7 Å². The number of nitrogens with zero attached hydrogens (tertiary/aromatic N) is 3. The molecule has 0 fully saturated rings. The quantitative estimate of drug-likeness (QED) is 0.806. The molecule has 0 saturated heterocycles. The molecular formula is C17H16N4O. The molecule has 0 atom stereocenters. The van der Waals surface area contributed by atoms with Crippen molar-refractivity contribution in [1.82, 2.24) is 14.8 Å². The third kappa shape index (κ3) is 2.02. The summed E-state index contributed by atoms with van der Waals surface area (Å²) >= 11 is 0. The molecule has 1 aromatic heterocycles. The second-order valence-corrected chi connectivity index (χ2v) is 5.60. The number of carbonyl (C=O) groups excluding carboxylic acids is 1. The first-order valence-corrected chi connectivity index (χ1v) is 7.26. The molecule has 110 valence electrons. The molecule has 1 aliphatic rings. The predicted molar refractivity (Wildman–Crippen MR) is 85.0 cm³/mol. The van der Waals surface area contributed by atoms with E-state index >= 15 is 0 Å². The molecule has 0 saturated carbocycles. The van der Waals surface area contributed by atoms with Gasteiger partial charge in [0.1, 0.15) is 0 Å². The van der Waals surface area contributed by atoms with Gasteiger partial charge in [0.05, 0.1) is 18.3 Å². The minimum Gasteiger partial charge on any atom is -0.337 e. The van der Waals surface area contributed by atoms with E-state index in [1.54, 1.807) is 9.69 Å². The molecular weight excluding hydrogens is 276 g/mol. The molecule has 4 rings (SSSR count). The van der Waals surface area contributed by atoms with Crippen LogP contribution in [-0.4, -0.2) is 27.7 Å². The highest BCUT2D eigenvalue weighted by atomic mass is 16.2. The Morgan fingerprint density at radius 2 is 2.09 bits per heavy atom. The molecule has 1 aliphatic heterocycles. The number of benzene rings is 2. The van der Waals surface area contributed by atoms with E-state index in [0.29, 0.717) is 13.1 Å². The van der Waals surface area contributed by atoms with E-state index in [1.165, 1.54) is 0 Å². The van der Waals surface area contributed by atoms with E-state index in [9.17, 15) is 4.79 Å². The number of hydrogen-bond acceptors (Lipinski definition) is 3. The van der Waals surface area contributed by atoms with Crippen LogP contribution in [0.5, 0.6) is 0 Å². The molecule has 1 N–H and O–H groups in total. The van der Waals surface area contributed by atoms with Gasteiger partial charge >= 0.3 is 0 Å². The van der Waals surface area contributed by atoms with Gasteiger partial charge in [-0.1, -0.05) is 30.3 Å². The topological polar surface area (TPSA) is 50.2 Å². The Morgan fingerprint density at radius 3 is 3.00 bits per heavy atom. The van der Waals surface area contributed by atoms with Crippen LogP contribution in [0.1, 0.15) is 21.5 Å². The van der Waals surface area contributed by atoms with Gasteiger partial charge in [0.15, 0.2) is 0 Å². The number of nitrogens with one attached hydrogen (secondary N) is 1. The Hall–Kier alpha value is -2.82. The van der Waals surface area contributed by atoms with E-state index in [0.717, 1.165) is 27.6 Å². The summed E-state index contributed by atoms with van der Waals surface area (Å²) in [4.78, 5) is 15.6. The molecule has 5 heteroatoms. The fraction of sp³-hybridized carbons (Fsp3) is 0.176. The highest BCUT2D eigenvalue weighted by molar-refractivity contribution is 5.98. The molecule has 0 bridgehead atoms. The summed E-state index contributed by atoms with van der Waals surface area (Å²) in [5.41, 5.74) is 7.30. The van der Waals surface area contributed by atoms with Crippen LogP contribution in [0.3, 0.4) is 0 Å². The lowest BCUT2D eigenvalue weighted by molar-refractivity contribution is 0.0816. The summed E-state index contributed by atoms with van der Waals surface area (Å²) in [5, 5.41) is 5.44. The van der Waals surface area contributed by atoms with Crippen LogP contribution in [0, 0.1) is 0 Å². The van der Waals surface area contributed by atoms with Crippen molar-refractivity contribution in [2.45, 2.75) is 13.1 Å². The molecule has 0 unspecified atom stereocenters. The third-order valence-corrected chi connectivity index (χ3v) is 4.07. The molecule has 2 heterocycles. The van der Waals surface area contributed by atoms with Crippen molar-refractivity contribution in [3.05, 3.63) is 65.4 Å². The third-order valence-electron chi connectivity index (χ3n) is 4.07. The lowest BCUT2D eigenvalue weighted by atomic mass is 10.1. The summed E-state index contributed by atoms with van der Waals surface area (Å²) in [6.45, 7) is 1.32. The summed E-state index contributed by atoms with van der Waals surface area (Å²) in [6.07, 6.45) is 1.84. The summed E-state index contributed by atoms with van der Waals surface area (Å²) < 4.78 is 0. The van der Waals surface area contributed by atoms with Crippen LogP contribution in [-0.2, 0) is 13.1 Å². The lowest BCUT2D eigenvalue weighted by Gasteiger charge is -2.08. The van der Waals surface area contributed by atoms with E-state index in [-0.39, 0.29) is 5.91 Å². The highest BCUT2D eigenvalue weighted by Crippen LogP contribution is 2.22. The van der Waals surface area contributed by atoms with Gasteiger partial charge in [0.2, 0.25) is 0 Å². The van der Waals surface area contributed by atoms with Crippen molar-refractivity contribution in [1.29, 1.82) is 0 Å². The number of amides is 1. The van der Waals surface area contributed by atoms with E-state index < -0.39 is 0 Å². The first-order chi connectivity index (χ1) is 10.7. The van der Waals surface area contributed by atoms with Gasteiger partial charge in [-0.05, 0) is 23.3 Å². The van der Waals surface area contributed by atoms with E-state index in [2.05, 4.69) is 16.6 Å². The second kappa shape index (κ2) is 4.87. The molecule has 3 aromatic rings. The van der Waals surface area contributed by atoms with Gasteiger partial charge in [0.25, 0.3) is 5.91 Å². The van der Waals surface area contributed by atoms with Crippen LogP contribution in [0.25, 0.3) is 10.9 Å². The van der Waals surface area contributed by atoms with Crippen LogP contribution in [0.2, 0.25) is 0 Å². The van der Waals surface area contributed by atoms with Gasteiger partial charge in [-0.3, -0.25) is 4.79 Å². The molecule has 0 spiro atoms. The standard InChI is InChI=1S/C17H16N4O/c1-20-11-14-7-6-12(8-15(14)17(20)22)9-18-21-16-5-3-2-4-13(16)10-19-21/h2-8,10,18H,9,11H2,1H3. The molecule has 22 heavy (non-hydrogen) atoms. The van der Waals surface area contributed by atoms with Gasteiger partial charge in [-0.25, -0.2) is 0 Å². The van der Waals surface area contributed by atoms with Crippen LogP contribution >= 0.6 is 0 Å². The molecule has 0 aliphatic carbocycles. The molecule has 5 nitrogen and oxygen atoms in total. The summed E-state index contributed by atoms with van der Waals surface area (Å²) in [6, 6.07) is 14.1. The average Bonchev–Trinajstić information content (AvgIpc) is 3.07. The van der Waals surface area contributed by atoms with Gasteiger partial charge in [-0.2, -0.15) is 9.89 Å². The zero-order valence-electron chi connectivity index (χ0n) is 12.3. The normalized spacial score (nSPS) is 13.7. The van der Waals surface area contributed by atoms with Crippen molar-refractivity contribution in [2.24, 2.45) is 0 Å². The van der Waals surface area contributed by atoms with Crippen LogP contribution < -0.4 is 5.43 Å². The Morgan fingerprint density at radius 1 is 1.23 bits per heavy atom. The Bertz CT molecular complexity index is 868. The molecule has 1 amide bonds. The number of carbonyl (C=O) groups is 1. The van der Waals surface area contributed by atoms with E-state index in [1.807, 2.05) is 49.6 Å². The molecule has 2 aromatic carbocycles. The maximum Gasteiger partial charge on any atom is 0.254 e. The number of aromatic nitrogens is 2. The number of fused-ring (bicyclic) bond motifs is 2. The minimum absolute atomic E-state index is 0.0985. The smallest absolute Gasteiger partial charge is 0.254 e. The number of rotatable bonds is 3. The zero-order chi connectivity index (χ0) is 15.1. The molecule has 0 radical (unpaired) electrons. The first kappa shape index (κ1) is 12.9. The predicted octanol–water partition coefficient (Wildman–Crippen LogP) is 2.37. The monoisotopic (exact) mass is 292 g/mol. The Kier molecular flexibility index (Phi) is 2.85. The van der Waals surface area contributed by atoms with Crippen molar-refractivity contribution in [3.8, 4) is 0 Å². The zero-order valence-corrected chi connectivity index (χ0v) is 12.3. The van der Waals surface area contributed by atoms with Crippen molar-refractivity contribution in [2.75, 3.05) is 12.5 Å². The number of hydrogen-bond donors (Lipinski definition) is 1. The largest absolute Gasteiger partial charge is 0.337 e. The van der Waals surface area contributed by atoms with Crippen molar-refractivity contribution in [3.63, 3.8) is 0 Å². The van der Waals surface area contributed by atoms with Gasteiger partial charge in [-0.15, -0.1) is 0 Å². The van der Waals surface area contributed by atoms with Crippen LogP contribution in [0.4, 0.5) is 0 Å². The highest BCUT2D eigenvalue weighted by Gasteiger charge is 2.24. The maximum atomic E-state index is 12.0. The van der Waals surface area contributed by atoms with Crippen molar-refractivity contribution >= 4 is 16.8 Å². The summed E-state index contributed by atoms with van der Waals surface area (Å²) in [7, 11) is 1.83. The lowest BCUT2D eigenvalue weighted by Crippen LogP contribution is -2.18. The maximum absolute atomic E-state index is 12.0. The van der Waals surface area contributed by atoms with Gasteiger partial charge < -0.3 is 10.3 Å². The fourth-order valence-electron chi connectivity index (χ4n) is 2.87. The van der Waals surface area contributed by atoms with E-state index in [4.69, 9.17) is 0 Å². The average molecular weight is 292 g/mol. The Balaban J connectivity index is 1.57. The first-order valence-electron chi connectivity index (χ1n) is 7.26. The Labute approximate surface area is 128 Å².